The zero-order valence-corrected chi connectivity index (χ0v) is 14.3. The molecule has 1 aromatic rings. The van der Waals surface area contributed by atoms with Gasteiger partial charge in [-0.15, -0.1) is 0 Å². The highest BCUT2D eigenvalue weighted by atomic mass is 32.2. The van der Waals surface area contributed by atoms with Crippen LogP contribution < -0.4 is 10.5 Å². The molecule has 3 N–H and O–H groups in total. The second-order valence-electron chi connectivity index (χ2n) is 5.55. The minimum atomic E-state index is -3.68. The molecule has 6 nitrogen and oxygen atoms in total. The van der Waals surface area contributed by atoms with E-state index in [4.69, 9.17) is 22.1 Å². The van der Waals surface area contributed by atoms with Gasteiger partial charge in [-0.05, 0) is 24.1 Å². The molecule has 0 unspecified atom stereocenters. The summed E-state index contributed by atoms with van der Waals surface area (Å²) in [4.78, 5) is 2.89. The number of rotatable bonds is 5. The Hall–Kier alpha value is -1.06. The number of primary sulfonamides is 1. The van der Waals surface area contributed by atoms with E-state index in [1.54, 1.807) is 12.1 Å². The van der Waals surface area contributed by atoms with Crippen LogP contribution in [-0.4, -0.2) is 51.1 Å². The van der Waals surface area contributed by atoms with Gasteiger partial charge in [-0.2, -0.15) is 0 Å². The predicted octanol–water partition coefficient (Wildman–Crippen LogP) is 0.470. The maximum absolute atomic E-state index is 11.3. The van der Waals surface area contributed by atoms with Gasteiger partial charge in [0, 0.05) is 20.6 Å². The van der Waals surface area contributed by atoms with Gasteiger partial charge < -0.3 is 15.0 Å². The Kier molecular flexibility index (Phi) is 5.51. The van der Waals surface area contributed by atoms with E-state index in [9.17, 15) is 8.42 Å². The molecular weight excluding hydrogens is 322 g/mol. The molecule has 1 fully saturated rings. The van der Waals surface area contributed by atoms with Crippen LogP contribution in [0.25, 0.3) is 0 Å². The maximum atomic E-state index is 11.3. The van der Waals surface area contributed by atoms with E-state index in [1.165, 1.54) is 6.07 Å². The summed E-state index contributed by atoms with van der Waals surface area (Å²) in [6.07, 6.45) is 0.868. The number of likely N-dealkylation sites (N-methyl/N-ethyl adjacent to an activating group) is 1. The minimum absolute atomic E-state index is 0.0565. The monoisotopic (exact) mass is 343 g/mol. The maximum Gasteiger partial charge on any atom is 0.238 e. The van der Waals surface area contributed by atoms with Crippen LogP contribution in [0.4, 0.5) is 0 Å². The Morgan fingerprint density at radius 1 is 1.50 bits per heavy atom. The molecule has 22 heavy (non-hydrogen) atoms. The highest BCUT2D eigenvalue weighted by Gasteiger charge is 2.28. The van der Waals surface area contributed by atoms with Crippen LogP contribution in [-0.2, 0) is 21.4 Å². The molecule has 8 heteroatoms. The van der Waals surface area contributed by atoms with Gasteiger partial charge >= 0.3 is 0 Å². The van der Waals surface area contributed by atoms with Crippen LogP contribution in [0.1, 0.15) is 12.0 Å². The third kappa shape index (κ3) is 4.47. The SMILES string of the molecule is CN(C)C(=S)[C@@H]1C[C@@H](OCc2cccc(S(N)(=O)=O)c2)CN1. The second kappa shape index (κ2) is 7.01. The van der Waals surface area contributed by atoms with E-state index in [2.05, 4.69) is 5.32 Å². The number of nitrogens with one attached hydrogen (secondary N) is 1. The first-order valence-electron chi connectivity index (χ1n) is 6.95. The minimum Gasteiger partial charge on any atom is -0.372 e. The molecule has 0 radical (unpaired) electrons. The molecule has 0 aliphatic carbocycles. The van der Waals surface area contributed by atoms with E-state index in [-0.39, 0.29) is 17.0 Å². The zero-order chi connectivity index (χ0) is 16.3. The van der Waals surface area contributed by atoms with Crippen molar-refractivity contribution in [2.24, 2.45) is 5.14 Å². The largest absolute Gasteiger partial charge is 0.372 e. The lowest BCUT2D eigenvalue weighted by Gasteiger charge is -2.19. The second-order valence-corrected chi connectivity index (χ2v) is 7.53. The molecule has 1 aromatic carbocycles. The van der Waals surface area contributed by atoms with Crippen molar-refractivity contribution in [3.63, 3.8) is 0 Å². The molecule has 0 amide bonds. The van der Waals surface area contributed by atoms with Gasteiger partial charge in [0.15, 0.2) is 0 Å². The number of hydrogen-bond donors (Lipinski definition) is 2. The number of hydrogen-bond acceptors (Lipinski definition) is 5. The Morgan fingerprint density at radius 2 is 2.23 bits per heavy atom. The standard InChI is InChI=1S/C14H21N3O3S2/c1-17(2)14(21)13-7-11(8-16-13)20-9-10-4-3-5-12(6-10)22(15,18)19/h3-6,11,13,16H,7-9H2,1-2H3,(H2,15,18,19)/t11-,13+/m1/s1. The van der Waals surface area contributed by atoms with Crippen LogP contribution in [0, 0.1) is 0 Å². The van der Waals surface area contributed by atoms with Crippen molar-refractivity contribution in [3.05, 3.63) is 29.8 Å². The van der Waals surface area contributed by atoms with Crippen molar-refractivity contribution in [2.75, 3.05) is 20.6 Å². The van der Waals surface area contributed by atoms with E-state index in [0.29, 0.717) is 6.61 Å². The number of benzene rings is 1. The van der Waals surface area contributed by atoms with Crippen molar-refractivity contribution in [3.8, 4) is 0 Å². The molecule has 0 spiro atoms. The quantitative estimate of drug-likeness (QED) is 0.756. The third-order valence-corrected chi connectivity index (χ3v) is 5.10. The summed E-state index contributed by atoms with van der Waals surface area (Å²) in [5.74, 6) is 0. The lowest BCUT2D eigenvalue weighted by Crippen LogP contribution is -2.38. The van der Waals surface area contributed by atoms with Gasteiger partial charge in [0.25, 0.3) is 0 Å². The average Bonchev–Trinajstić information content (AvgIpc) is 2.92. The summed E-state index contributed by atoms with van der Waals surface area (Å²) in [7, 11) is 0.172. The lowest BCUT2D eigenvalue weighted by atomic mass is 10.2. The fourth-order valence-electron chi connectivity index (χ4n) is 2.36. The number of sulfonamides is 1. The van der Waals surface area contributed by atoms with Gasteiger partial charge in [0.05, 0.1) is 28.6 Å². The molecule has 1 aliphatic heterocycles. The summed E-state index contributed by atoms with van der Waals surface area (Å²) in [6.45, 7) is 1.07. The normalized spacial score (nSPS) is 21.8. The van der Waals surface area contributed by atoms with Gasteiger partial charge in [0.2, 0.25) is 10.0 Å². The fraction of sp³-hybridized carbons (Fsp3) is 0.500. The molecule has 0 bridgehead atoms. The van der Waals surface area contributed by atoms with E-state index >= 15 is 0 Å². The van der Waals surface area contributed by atoms with Crippen LogP contribution in [0.5, 0.6) is 0 Å². The first-order chi connectivity index (χ1) is 10.3. The fourth-order valence-corrected chi connectivity index (χ4v) is 3.12. The van der Waals surface area contributed by atoms with Crippen LogP contribution >= 0.6 is 12.2 Å². The predicted molar refractivity (Wildman–Crippen MR) is 89.1 cm³/mol. The Balaban J connectivity index is 1.91. The van der Waals surface area contributed by atoms with Crippen molar-refractivity contribution >= 4 is 27.2 Å². The van der Waals surface area contributed by atoms with Gasteiger partial charge in [0.1, 0.15) is 0 Å². The molecule has 1 heterocycles. The first-order valence-corrected chi connectivity index (χ1v) is 8.90. The molecule has 2 atom stereocenters. The third-order valence-electron chi connectivity index (χ3n) is 3.54. The first kappa shape index (κ1) is 17.3. The van der Waals surface area contributed by atoms with Gasteiger partial charge in [-0.25, -0.2) is 13.6 Å². The van der Waals surface area contributed by atoms with Crippen molar-refractivity contribution in [2.45, 2.75) is 30.1 Å². The van der Waals surface area contributed by atoms with Crippen LogP contribution in [0.15, 0.2) is 29.2 Å². The number of ether oxygens (including phenoxy) is 1. The van der Waals surface area contributed by atoms with Gasteiger partial charge in [-0.3, -0.25) is 0 Å². The van der Waals surface area contributed by atoms with E-state index in [0.717, 1.165) is 23.5 Å². The summed E-state index contributed by atoms with van der Waals surface area (Å²) in [5, 5.41) is 8.46. The smallest absolute Gasteiger partial charge is 0.238 e. The Morgan fingerprint density at radius 3 is 2.86 bits per heavy atom. The average molecular weight is 343 g/mol. The topological polar surface area (TPSA) is 84.7 Å². The zero-order valence-electron chi connectivity index (χ0n) is 12.7. The lowest BCUT2D eigenvalue weighted by molar-refractivity contribution is 0.0533. The van der Waals surface area contributed by atoms with Crippen molar-refractivity contribution < 1.29 is 13.2 Å². The number of nitrogens with two attached hydrogens (primary N) is 1. The Bertz CT molecular complexity index is 646. The summed E-state index contributed by atoms with van der Waals surface area (Å²) in [5.41, 5.74) is 0.783. The molecule has 0 aromatic heterocycles. The molecule has 1 saturated heterocycles. The van der Waals surface area contributed by atoms with Crippen molar-refractivity contribution in [1.82, 2.24) is 10.2 Å². The highest BCUT2D eigenvalue weighted by molar-refractivity contribution is 7.89. The van der Waals surface area contributed by atoms with Gasteiger partial charge in [-0.1, -0.05) is 24.4 Å². The summed E-state index contributed by atoms with van der Waals surface area (Å²) in [6, 6.07) is 6.64. The van der Waals surface area contributed by atoms with Crippen LogP contribution in [0.3, 0.4) is 0 Å². The van der Waals surface area contributed by atoms with E-state index < -0.39 is 10.0 Å². The molecular formula is C14H21N3O3S2. The molecule has 122 valence electrons. The Labute approximate surface area is 136 Å². The molecule has 1 aliphatic rings. The molecule has 2 rings (SSSR count). The number of thiocarbonyl (C=S) groups is 1. The van der Waals surface area contributed by atoms with E-state index in [1.807, 2.05) is 25.1 Å². The summed E-state index contributed by atoms with van der Waals surface area (Å²) >= 11 is 5.35. The van der Waals surface area contributed by atoms with Crippen molar-refractivity contribution in [1.29, 1.82) is 0 Å². The van der Waals surface area contributed by atoms with Crippen LogP contribution in [0.2, 0.25) is 0 Å². The number of nitrogens with zero attached hydrogens (tertiary/aromatic N) is 1. The molecule has 0 saturated carbocycles. The summed E-state index contributed by atoms with van der Waals surface area (Å²) < 4.78 is 28.5. The highest BCUT2D eigenvalue weighted by Crippen LogP contribution is 2.16.